The second kappa shape index (κ2) is 6.20. The Morgan fingerprint density at radius 2 is 1.94 bits per heavy atom. The average Bonchev–Trinajstić information content (AvgIpc) is 2.81. The minimum absolute atomic E-state index is 0.0993. The Balaban J connectivity index is 1.75. The van der Waals surface area contributed by atoms with Gasteiger partial charge in [-0.05, 0) is 43.2 Å². The molecule has 0 amide bonds. The van der Waals surface area contributed by atoms with Crippen molar-refractivity contribution in [2.75, 3.05) is 0 Å². The molecule has 1 N–H and O–H groups in total. The maximum atomic E-state index is 10.1. The molecule has 0 saturated heterocycles. The highest BCUT2D eigenvalue weighted by Gasteiger charge is 2.18. The Bertz CT molecular complexity index is 339. The Hall–Kier alpha value is -0.820. The highest BCUT2D eigenvalue weighted by atomic mass is 16.3. The molecule has 0 spiro atoms. The molecule has 1 unspecified atom stereocenters. The number of hydrogen-bond acceptors (Lipinski definition) is 1. The Morgan fingerprint density at radius 1 is 1.24 bits per heavy atom. The zero-order valence-corrected chi connectivity index (χ0v) is 10.9. The predicted octanol–water partition coefficient (Wildman–Crippen LogP) is 3.87. The number of aryl methyl sites for hydroxylation is 2. The molecule has 17 heavy (non-hydrogen) atoms. The molecular formula is C16H24O. The lowest BCUT2D eigenvalue weighted by Crippen LogP contribution is -2.13. The topological polar surface area (TPSA) is 20.2 Å². The van der Waals surface area contributed by atoms with E-state index in [1.54, 1.807) is 0 Å². The molecule has 2 rings (SSSR count). The summed E-state index contributed by atoms with van der Waals surface area (Å²) in [5, 5.41) is 10.1. The average molecular weight is 232 g/mol. The number of hydrogen-bond donors (Lipinski definition) is 1. The Kier molecular flexibility index (Phi) is 4.61. The first-order chi connectivity index (χ1) is 8.25. The fourth-order valence-corrected chi connectivity index (χ4v) is 2.96. The molecule has 0 bridgehead atoms. The second-order valence-electron chi connectivity index (χ2n) is 5.51. The van der Waals surface area contributed by atoms with Gasteiger partial charge in [-0.2, -0.15) is 0 Å². The van der Waals surface area contributed by atoms with Crippen LogP contribution in [0.4, 0.5) is 0 Å². The smallest absolute Gasteiger partial charge is 0.0546 e. The number of benzene rings is 1. The van der Waals surface area contributed by atoms with Gasteiger partial charge in [-0.15, -0.1) is 0 Å². The number of aliphatic hydroxyl groups is 1. The van der Waals surface area contributed by atoms with Crippen molar-refractivity contribution in [3.63, 3.8) is 0 Å². The van der Waals surface area contributed by atoms with Crippen molar-refractivity contribution in [2.45, 2.75) is 58.0 Å². The number of rotatable bonds is 5. The fraction of sp³-hybridized carbons (Fsp3) is 0.625. The van der Waals surface area contributed by atoms with Crippen LogP contribution < -0.4 is 0 Å². The quantitative estimate of drug-likeness (QED) is 0.817. The van der Waals surface area contributed by atoms with Gasteiger partial charge in [-0.25, -0.2) is 0 Å². The molecule has 1 saturated carbocycles. The monoisotopic (exact) mass is 232 g/mol. The van der Waals surface area contributed by atoms with Crippen LogP contribution in [0.2, 0.25) is 0 Å². The van der Waals surface area contributed by atoms with Crippen LogP contribution in [0.15, 0.2) is 24.3 Å². The molecule has 0 aliphatic heterocycles. The van der Waals surface area contributed by atoms with E-state index in [1.807, 2.05) is 0 Å². The van der Waals surface area contributed by atoms with E-state index in [2.05, 4.69) is 31.2 Å². The van der Waals surface area contributed by atoms with Crippen molar-refractivity contribution in [2.24, 2.45) is 5.92 Å². The summed E-state index contributed by atoms with van der Waals surface area (Å²) >= 11 is 0. The van der Waals surface area contributed by atoms with E-state index < -0.39 is 0 Å². The van der Waals surface area contributed by atoms with Gasteiger partial charge in [0.2, 0.25) is 0 Å². The highest BCUT2D eigenvalue weighted by molar-refractivity contribution is 5.25. The zero-order chi connectivity index (χ0) is 12.1. The Morgan fingerprint density at radius 3 is 2.65 bits per heavy atom. The van der Waals surface area contributed by atoms with Crippen LogP contribution in [-0.4, -0.2) is 11.2 Å². The number of aliphatic hydroxyl groups excluding tert-OH is 1. The third kappa shape index (κ3) is 3.85. The van der Waals surface area contributed by atoms with Gasteiger partial charge in [0.25, 0.3) is 0 Å². The van der Waals surface area contributed by atoms with E-state index in [9.17, 15) is 5.11 Å². The predicted molar refractivity (Wildman–Crippen MR) is 72.1 cm³/mol. The van der Waals surface area contributed by atoms with Gasteiger partial charge in [-0.3, -0.25) is 0 Å². The molecule has 0 aromatic heterocycles. The van der Waals surface area contributed by atoms with E-state index in [-0.39, 0.29) is 6.10 Å². The normalized spacial score (nSPS) is 18.5. The summed E-state index contributed by atoms with van der Waals surface area (Å²) in [6.07, 6.45) is 8.26. The molecule has 1 heteroatoms. The summed E-state index contributed by atoms with van der Waals surface area (Å²) in [4.78, 5) is 0. The van der Waals surface area contributed by atoms with Gasteiger partial charge in [0.1, 0.15) is 0 Å². The van der Waals surface area contributed by atoms with Crippen LogP contribution in [0.3, 0.4) is 0 Å². The van der Waals surface area contributed by atoms with Crippen molar-refractivity contribution >= 4 is 0 Å². The van der Waals surface area contributed by atoms with Crippen LogP contribution in [0.5, 0.6) is 0 Å². The molecular weight excluding hydrogens is 208 g/mol. The van der Waals surface area contributed by atoms with Crippen molar-refractivity contribution in [1.82, 2.24) is 0 Å². The lowest BCUT2D eigenvalue weighted by molar-refractivity contribution is 0.134. The molecule has 0 radical (unpaired) electrons. The maximum Gasteiger partial charge on any atom is 0.0546 e. The van der Waals surface area contributed by atoms with E-state index >= 15 is 0 Å². The van der Waals surface area contributed by atoms with Gasteiger partial charge in [-0.1, -0.05) is 49.9 Å². The maximum absolute atomic E-state index is 10.1. The van der Waals surface area contributed by atoms with Gasteiger partial charge in [0.15, 0.2) is 0 Å². The summed E-state index contributed by atoms with van der Waals surface area (Å²) in [7, 11) is 0. The molecule has 1 aliphatic carbocycles. The van der Waals surface area contributed by atoms with Crippen LogP contribution in [-0.2, 0) is 6.42 Å². The Labute approximate surface area is 105 Å². The van der Waals surface area contributed by atoms with Crippen LogP contribution in [0.1, 0.15) is 49.7 Å². The lowest BCUT2D eigenvalue weighted by Gasteiger charge is -2.15. The summed E-state index contributed by atoms with van der Waals surface area (Å²) in [5.41, 5.74) is 2.73. The second-order valence-corrected chi connectivity index (χ2v) is 5.51. The fourth-order valence-electron chi connectivity index (χ4n) is 2.96. The molecule has 1 nitrogen and oxygen atoms in total. The molecule has 1 aromatic rings. The van der Waals surface area contributed by atoms with Gasteiger partial charge < -0.3 is 5.11 Å². The van der Waals surface area contributed by atoms with Crippen molar-refractivity contribution in [1.29, 1.82) is 0 Å². The zero-order valence-electron chi connectivity index (χ0n) is 10.9. The first kappa shape index (κ1) is 12.6. The van der Waals surface area contributed by atoms with Gasteiger partial charge in [0, 0.05) is 0 Å². The lowest BCUT2D eigenvalue weighted by atomic mass is 9.95. The molecule has 1 atom stereocenters. The molecule has 1 fully saturated rings. The summed E-state index contributed by atoms with van der Waals surface area (Å²) in [6.45, 7) is 2.15. The largest absolute Gasteiger partial charge is 0.393 e. The van der Waals surface area contributed by atoms with Crippen molar-refractivity contribution in [3.05, 3.63) is 35.4 Å². The molecule has 1 aliphatic rings. The SMILES string of the molecule is Cc1ccccc1CCC(O)CC1CCCC1. The third-order valence-electron chi connectivity index (χ3n) is 4.09. The van der Waals surface area contributed by atoms with Gasteiger partial charge in [0.05, 0.1) is 6.10 Å². The third-order valence-corrected chi connectivity index (χ3v) is 4.09. The van der Waals surface area contributed by atoms with E-state index in [0.29, 0.717) is 0 Å². The first-order valence-electron chi connectivity index (χ1n) is 6.98. The highest BCUT2D eigenvalue weighted by Crippen LogP contribution is 2.29. The van der Waals surface area contributed by atoms with Crippen molar-refractivity contribution < 1.29 is 5.11 Å². The standard InChI is InChI=1S/C16H24O/c1-13-6-2-5-9-15(13)10-11-16(17)12-14-7-3-4-8-14/h2,5-6,9,14,16-17H,3-4,7-8,10-12H2,1H3. The van der Waals surface area contributed by atoms with Crippen LogP contribution >= 0.6 is 0 Å². The van der Waals surface area contributed by atoms with E-state index in [1.165, 1.54) is 36.8 Å². The molecule has 1 aromatic carbocycles. The molecule has 94 valence electrons. The first-order valence-corrected chi connectivity index (χ1v) is 6.98. The minimum Gasteiger partial charge on any atom is -0.393 e. The van der Waals surface area contributed by atoms with Crippen LogP contribution in [0, 0.1) is 12.8 Å². The van der Waals surface area contributed by atoms with Crippen molar-refractivity contribution in [3.8, 4) is 0 Å². The molecule has 0 heterocycles. The summed E-state index contributed by atoms with van der Waals surface area (Å²) < 4.78 is 0. The van der Waals surface area contributed by atoms with Crippen LogP contribution in [0.25, 0.3) is 0 Å². The summed E-state index contributed by atoms with van der Waals surface area (Å²) in [6, 6.07) is 8.50. The summed E-state index contributed by atoms with van der Waals surface area (Å²) in [5.74, 6) is 0.793. The van der Waals surface area contributed by atoms with E-state index in [0.717, 1.165) is 25.2 Å². The van der Waals surface area contributed by atoms with E-state index in [4.69, 9.17) is 0 Å². The van der Waals surface area contributed by atoms with Gasteiger partial charge >= 0.3 is 0 Å². The minimum atomic E-state index is -0.0993.